The molecule has 0 aromatic heterocycles. The largest absolute Gasteiger partial charge is 0.484 e. The van der Waals surface area contributed by atoms with Crippen LogP contribution in [0, 0.1) is 5.92 Å². The highest BCUT2D eigenvalue weighted by atomic mass is 16.5. The smallest absolute Gasteiger partial charge is 0.182 e. The number of aliphatic hydroxyl groups excluding tert-OH is 1. The number of hydrogen-bond donors (Lipinski definition) is 1. The fourth-order valence-corrected chi connectivity index (χ4v) is 0.629. The van der Waals surface area contributed by atoms with E-state index in [0.717, 1.165) is 0 Å². The summed E-state index contributed by atoms with van der Waals surface area (Å²) in [5, 5.41) is 8.66. The third-order valence-corrected chi connectivity index (χ3v) is 1.32. The van der Waals surface area contributed by atoms with E-state index in [4.69, 9.17) is 9.84 Å². The van der Waals surface area contributed by atoms with Crippen LogP contribution in [0.15, 0.2) is 4.99 Å². The first-order chi connectivity index (χ1) is 4.74. The van der Waals surface area contributed by atoms with Gasteiger partial charge in [0.1, 0.15) is 0 Å². The fourth-order valence-electron chi connectivity index (χ4n) is 0.629. The van der Waals surface area contributed by atoms with E-state index in [2.05, 4.69) is 4.99 Å². The van der Waals surface area contributed by atoms with Gasteiger partial charge in [0.25, 0.3) is 0 Å². The molecule has 3 heteroatoms. The summed E-state index contributed by atoms with van der Waals surface area (Å²) >= 11 is 0. The van der Waals surface area contributed by atoms with Crippen LogP contribution in [0.4, 0.5) is 0 Å². The first kappa shape index (κ1) is 9.43. The molecule has 0 unspecified atom stereocenters. The Labute approximate surface area is 61.7 Å². The van der Waals surface area contributed by atoms with Crippen LogP contribution in [-0.2, 0) is 4.74 Å². The Balaban J connectivity index is 3.64. The van der Waals surface area contributed by atoms with Gasteiger partial charge in [0, 0.05) is 20.1 Å². The summed E-state index contributed by atoms with van der Waals surface area (Å²) in [4.78, 5) is 3.88. The standard InChI is InChI=1S/C7H15NO2/c1-6(5-9)4-7(8-2)10-3/h6,9H,4-5H2,1-3H3/t6-/m1/s1. The number of methoxy groups -OCH3 is 1. The summed E-state index contributed by atoms with van der Waals surface area (Å²) in [5.74, 6) is 0.931. The molecule has 1 atom stereocenters. The van der Waals surface area contributed by atoms with Crippen molar-refractivity contribution in [2.75, 3.05) is 20.8 Å². The highest BCUT2D eigenvalue weighted by Crippen LogP contribution is 2.01. The molecule has 60 valence electrons. The van der Waals surface area contributed by atoms with Crippen molar-refractivity contribution in [2.24, 2.45) is 10.9 Å². The minimum absolute atomic E-state index is 0.183. The number of ether oxygens (including phenoxy) is 1. The van der Waals surface area contributed by atoms with Crippen molar-refractivity contribution in [3.05, 3.63) is 0 Å². The zero-order valence-corrected chi connectivity index (χ0v) is 6.79. The molecule has 0 aliphatic heterocycles. The number of hydrogen-bond acceptors (Lipinski definition) is 3. The molecular weight excluding hydrogens is 130 g/mol. The lowest BCUT2D eigenvalue weighted by Gasteiger charge is -2.07. The van der Waals surface area contributed by atoms with Crippen molar-refractivity contribution in [1.82, 2.24) is 0 Å². The summed E-state index contributed by atoms with van der Waals surface area (Å²) < 4.78 is 4.91. The van der Waals surface area contributed by atoms with Gasteiger partial charge in [-0.1, -0.05) is 6.92 Å². The Morgan fingerprint density at radius 3 is 2.60 bits per heavy atom. The van der Waals surface area contributed by atoms with E-state index in [1.807, 2.05) is 6.92 Å². The van der Waals surface area contributed by atoms with Gasteiger partial charge in [-0.25, -0.2) is 0 Å². The molecule has 0 bridgehead atoms. The summed E-state index contributed by atoms with van der Waals surface area (Å²) in [6.45, 7) is 2.13. The van der Waals surface area contributed by atoms with Crippen LogP contribution in [0.2, 0.25) is 0 Å². The van der Waals surface area contributed by atoms with E-state index < -0.39 is 0 Å². The van der Waals surface area contributed by atoms with Gasteiger partial charge in [0.2, 0.25) is 0 Å². The minimum atomic E-state index is 0.183. The van der Waals surface area contributed by atoms with Crippen LogP contribution in [0.25, 0.3) is 0 Å². The van der Waals surface area contributed by atoms with Crippen LogP contribution < -0.4 is 0 Å². The molecule has 10 heavy (non-hydrogen) atoms. The van der Waals surface area contributed by atoms with E-state index in [9.17, 15) is 0 Å². The summed E-state index contributed by atoms with van der Waals surface area (Å²) in [5.41, 5.74) is 0. The van der Waals surface area contributed by atoms with Crippen LogP contribution >= 0.6 is 0 Å². The molecule has 0 amide bonds. The van der Waals surface area contributed by atoms with Crippen molar-refractivity contribution in [1.29, 1.82) is 0 Å². The van der Waals surface area contributed by atoms with Crippen molar-refractivity contribution >= 4 is 5.90 Å². The monoisotopic (exact) mass is 145 g/mol. The molecule has 0 heterocycles. The van der Waals surface area contributed by atoms with Gasteiger partial charge in [-0.05, 0) is 5.92 Å². The molecule has 0 saturated carbocycles. The van der Waals surface area contributed by atoms with Crippen LogP contribution in [0.5, 0.6) is 0 Å². The molecule has 0 radical (unpaired) electrons. The summed E-state index contributed by atoms with van der Waals surface area (Å²) in [7, 11) is 3.27. The molecule has 0 rings (SSSR count). The first-order valence-corrected chi connectivity index (χ1v) is 3.35. The van der Waals surface area contributed by atoms with Crippen LogP contribution in [-0.4, -0.2) is 31.8 Å². The van der Waals surface area contributed by atoms with Crippen molar-refractivity contribution in [3.63, 3.8) is 0 Å². The normalized spacial score (nSPS) is 15.0. The van der Waals surface area contributed by atoms with E-state index in [-0.39, 0.29) is 12.5 Å². The molecular formula is C7H15NO2. The molecule has 0 aliphatic rings. The van der Waals surface area contributed by atoms with Gasteiger partial charge in [0.15, 0.2) is 5.90 Å². The van der Waals surface area contributed by atoms with Gasteiger partial charge in [-0.2, -0.15) is 0 Å². The topological polar surface area (TPSA) is 41.8 Å². The van der Waals surface area contributed by atoms with E-state index in [0.29, 0.717) is 12.3 Å². The predicted molar refractivity (Wildman–Crippen MR) is 41.2 cm³/mol. The lowest BCUT2D eigenvalue weighted by atomic mass is 10.1. The Kier molecular flexibility index (Phi) is 4.94. The van der Waals surface area contributed by atoms with E-state index >= 15 is 0 Å². The van der Waals surface area contributed by atoms with Crippen LogP contribution in [0.1, 0.15) is 13.3 Å². The molecule has 0 aromatic rings. The Hall–Kier alpha value is -0.570. The average Bonchev–Trinajstić information content (AvgIpc) is 1.99. The Morgan fingerprint density at radius 1 is 1.70 bits per heavy atom. The maximum atomic E-state index is 8.66. The second-order valence-corrected chi connectivity index (χ2v) is 2.31. The number of aliphatic hydroxyl groups is 1. The molecule has 1 N–H and O–H groups in total. The lowest BCUT2D eigenvalue weighted by molar-refractivity contribution is 0.234. The maximum absolute atomic E-state index is 8.66. The Bertz CT molecular complexity index is 112. The Morgan fingerprint density at radius 2 is 2.30 bits per heavy atom. The highest BCUT2D eigenvalue weighted by molar-refractivity contribution is 5.75. The van der Waals surface area contributed by atoms with Gasteiger partial charge in [-0.15, -0.1) is 0 Å². The number of aliphatic imine (C=N–C) groups is 1. The SMILES string of the molecule is CN=C(C[C@@H](C)CO)OC. The van der Waals surface area contributed by atoms with Crippen molar-refractivity contribution in [2.45, 2.75) is 13.3 Å². The van der Waals surface area contributed by atoms with Crippen LogP contribution in [0.3, 0.4) is 0 Å². The zero-order chi connectivity index (χ0) is 7.98. The lowest BCUT2D eigenvalue weighted by Crippen LogP contribution is -2.10. The van der Waals surface area contributed by atoms with Gasteiger partial charge >= 0.3 is 0 Å². The predicted octanol–water partition coefficient (Wildman–Crippen LogP) is 0.680. The molecule has 0 aliphatic carbocycles. The van der Waals surface area contributed by atoms with Crippen molar-refractivity contribution < 1.29 is 9.84 Å². The first-order valence-electron chi connectivity index (χ1n) is 3.35. The second-order valence-electron chi connectivity index (χ2n) is 2.31. The van der Waals surface area contributed by atoms with Crippen molar-refractivity contribution in [3.8, 4) is 0 Å². The third-order valence-electron chi connectivity index (χ3n) is 1.32. The average molecular weight is 145 g/mol. The number of nitrogens with zero attached hydrogens (tertiary/aromatic N) is 1. The maximum Gasteiger partial charge on any atom is 0.182 e. The minimum Gasteiger partial charge on any atom is -0.484 e. The second kappa shape index (κ2) is 5.23. The van der Waals surface area contributed by atoms with Gasteiger partial charge in [-0.3, -0.25) is 4.99 Å². The quantitative estimate of drug-likeness (QED) is 0.468. The third kappa shape index (κ3) is 3.45. The van der Waals surface area contributed by atoms with E-state index in [1.165, 1.54) is 0 Å². The molecule has 0 spiro atoms. The number of rotatable bonds is 3. The van der Waals surface area contributed by atoms with E-state index in [1.54, 1.807) is 14.2 Å². The molecule has 0 saturated heterocycles. The highest BCUT2D eigenvalue weighted by Gasteiger charge is 2.04. The zero-order valence-electron chi connectivity index (χ0n) is 6.79. The summed E-state index contributed by atoms with van der Waals surface area (Å²) in [6, 6.07) is 0. The van der Waals surface area contributed by atoms with Gasteiger partial charge in [0.05, 0.1) is 7.11 Å². The summed E-state index contributed by atoms with van der Waals surface area (Å²) in [6.07, 6.45) is 0.712. The molecule has 0 fully saturated rings. The molecule has 0 aromatic carbocycles. The fraction of sp³-hybridized carbons (Fsp3) is 0.857. The van der Waals surface area contributed by atoms with Gasteiger partial charge < -0.3 is 9.84 Å². The molecule has 3 nitrogen and oxygen atoms in total.